The molecule has 0 aliphatic carbocycles. The Kier molecular flexibility index (Phi) is 4.06. The Hall–Kier alpha value is -0.640. The van der Waals surface area contributed by atoms with Crippen molar-refractivity contribution in [3.8, 4) is 0 Å². The normalized spacial score (nSPS) is 17.9. The maximum Gasteiger partial charge on any atom is 0.0638 e. The summed E-state index contributed by atoms with van der Waals surface area (Å²) in [5, 5.41) is 4.33. The smallest absolute Gasteiger partial charge is 0.0638 e. The SMILES string of the molecule is Clc1ccc(Br)cc1NC1CCSc2ccccc21. The molecule has 1 atom stereocenters. The van der Waals surface area contributed by atoms with E-state index in [2.05, 4.69) is 45.5 Å². The van der Waals surface area contributed by atoms with Crippen LogP contribution in [0, 0.1) is 0 Å². The van der Waals surface area contributed by atoms with Gasteiger partial charge in [0, 0.05) is 15.1 Å². The van der Waals surface area contributed by atoms with Crippen molar-refractivity contribution in [3.05, 3.63) is 57.5 Å². The van der Waals surface area contributed by atoms with Crippen molar-refractivity contribution in [3.63, 3.8) is 0 Å². The summed E-state index contributed by atoms with van der Waals surface area (Å²) in [6, 6.07) is 14.8. The second kappa shape index (κ2) is 5.78. The lowest BCUT2D eigenvalue weighted by atomic mass is 10.0. The predicted octanol–water partition coefficient (Wildman–Crippen LogP) is 5.75. The minimum Gasteiger partial charge on any atom is -0.377 e. The third-order valence-electron chi connectivity index (χ3n) is 3.22. The van der Waals surface area contributed by atoms with Gasteiger partial charge >= 0.3 is 0 Å². The van der Waals surface area contributed by atoms with Crippen molar-refractivity contribution in [1.82, 2.24) is 0 Å². The molecule has 0 spiro atoms. The highest BCUT2D eigenvalue weighted by atomic mass is 79.9. The molecule has 1 heterocycles. The molecule has 2 aromatic carbocycles. The van der Waals surface area contributed by atoms with Gasteiger partial charge < -0.3 is 5.32 Å². The second-order valence-corrected chi connectivity index (χ2v) is 6.96. The van der Waals surface area contributed by atoms with Gasteiger partial charge in [0.2, 0.25) is 0 Å². The molecule has 19 heavy (non-hydrogen) atoms. The third-order valence-corrected chi connectivity index (χ3v) is 5.16. The van der Waals surface area contributed by atoms with Crippen LogP contribution in [-0.4, -0.2) is 5.75 Å². The molecule has 0 fully saturated rings. The van der Waals surface area contributed by atoms with Crippen molar-refractivity contribution >= 4 is 45.0 Å². The number of hydrogen-bond donors (Lipinski definition) is 1. The van der Waals surface area contributed by atoms with Crippen molar-refractivity contribution in [2.45, 2.75) is 17.4 Å². The van der Waals surface area contributed by atoms with Crippen LogP contribution in [0.25, 0.3) is 0 Å². The monoisotopic (exact) mass is 353 g/mol. The van der Waals surface area contributed by atoms with Gasteiger partial charge in [0.15, 0.2) is 0 Å². The topological polar surface area (TPSA) is 12.0 Å². The van der Waals surface area contributed by atoms with Crippen molar-refractivity contribution < 1.29 is 0 Å². The second-order valence-electron chi connectivity index (χ2n) is 4.50. The van der Waals surface area contributed by atoms with Crippen LogP contribution in [0.2, 0.25) is 5.02 Å². The molecule has 1 aliphatic rings. The van der Waals surface area contributed by atoms with E-state index < -0.39 is 0 Å². The minimum absolute atomic E-state index is 0.337. The van der Waals surface area contributed by atoms with Crippen LogP contribution in [0.5, 0.6) is 0 Å². The summed E-state index contributed by atoms with van der Waals surface area (Å²) in [6.07, 6.45) is 1.12. The molecule has 0 bridgehead atoms. The molecule has 0 saturated heterocycles. The first-order valence-corrected chi connectivity index (χ1v) is 8.33. The highest BCUT2D eigenvalue weighted by Crippen LogP contribution is 2.39. The number of halogens is 2. The molecule has 98 valence electrons. The standard InChI is InChI=1S/C15H13BrClNS/c16-10-5-6-12(17)14(9-10)18-13-7-8-19-15-4-2-1-3-11(13)15/h1-6,9,13,18H,7-8H2. The van der Waals surface area contributed by atoms with Gasteiger partial charge in [0.1, 0.15) is 0 Å². The molecule has 4 heteroatoms. The summed E-state index contributed by atoms with van der Waals surface area (Å²) in [5.41, 5.74) is 2.36. The van der Waals surface area contributed by atoms with E-state index in [1.165, 1.54) is 10.5 Å². The Labute approximate surface area is 130 Å². The Morgan fingerprint density at radius 3 is 2.95 bits per heavy atom. The first-order chi connectivity index (χ1) is 9.24. The van der Waals surface area contributed by atoms with E-state index in [9.17, 15) is 0 Å². The Bertz CT molecular complexity index is 602. The molecule has 0 amide bonds. The summed E-state index contributed by atoms with van der Waals surface area (Å²) >= 11 is 11.7. The molecule has 1 aliphatic heterocycles. The molecule has 1 N–H and O–H groups in total. The average molecular weight is 355 g/mol. The summed E-state index contributed by atoms with van der Waals surface area (Å²) in [6.45, 7) is 0. The van der Waals surface area contributed by atoms with Crippen LogP contribution in [0.3, 0.4) is 0 Å². The van der Waals surface area contributed by atoms with Crippen molar-refractivity contribution in [1.29, 1.82) is 0 Å². The van der Waals surface area contributed by atoms with E-state index in [-0.39, 0.29) is 0 Å². The predicted molar refractivity (Wildman–Crippen MR) is 87.3 cm³/mol. The van der Waals surface area contributed by atoms with Crippen molar-refractivity contribution in [2.24, 2.45) is 0 Å². The van der Waals surface area contributed by atoms with Gasteiger partial charge in [-0.25, -0.2) is 0 Å². The zero-order chi connectivity index (χ0) is 13.2. The van der Waals surface area contributed by atoms with E-state index in [4.69, 9.17) is 11.6 Å². The van der Waals surface area contributed by atoms with Gasteiger partial charge in [-0.1, -0.05) is 45.7 Å². The summed E-state index contributed by atoms with van der Waals surface area (Å²) < 4.78 is 1.04. The molecular formula is C15H13BrClNS. The minimum atomic E-state index is 0.337. The number of fused-ring (bicyclic) bond motifs is 1. The number of hydrogen-bond acceptors (Lipinski definition) is 2. The number of benzene rings is 2. The van der Waals surface area contributed by atoms with E-state index >= 15 is 0 Å². The maximum absolute atomic E-state index is 6.25. The van der Waals surface area contributed by atoms with Crippen LogP contribution in [0.1, 0.15) is 18.0 Å². The molecule has 1 nitrogen and oxygen atoms in total. The molecule has 3 rings (SSSR count). The van der Waals surface area contributed by atoms with E-state index in [0.717, 1.165) is 27.4 Å². The van der Waals surface area contributed by atoms with E-state index in [1.54, 1.807) is 0 Å². The fraction of sp³-hybridized carbons (Fsp3) is 0.200. The average Bonchev–Trinajstić information content (AvgIpc) is 2.43. The quantitative estimate of drug-likeness (QED) is 0.736. The summed E-state index contributed by atoms with van der Waals surface area (Å²) in [5.74, 6) is 1.14. The zero-order valence-electron chi connectivity index (χ0n) is 10.2. The summed E-state index contributed by atoms with van der Waals surface area (Å²) in [4.78, 5) is 1.37. The van der Waals surface area contributed by atoms with Crippen LogP contribution in [0.15, 0.2) is 51.8 Å². The Balaban J connectivity index is 1.90. The van der Waals surface area contributed by atoms with Gasteiger partial charge in [0.05, 0.1) is 16.8 Å². The van der Waals surface area contributed by atoms with Crippen LogP contribution < -0.4 is 5.32 Å². The highest BCUT2D eigenvalue weighted by molar-refractivity contribution is 9.10. The van der Waals surface area contributed by atoms with Crippen LogP contribution >= 0.6 is 39.3 Å². The summed E-state index contributed by atoms with van der Waals surface area (Å²) in [7, 11) is 0. The van der Waals surface area contributed by atoms with E-state index in [1.807, 2.05) is 30.0 Å². The van der Waals surface area contributed by atoms with Gasteiger partial charge in [-0.05, 0) is 36.2 Å². The number of anilines is 1. The van der Waals surface area contributed by atoms with Crippen LogP contribution in [0.4, 0.5) is 5.69 Å². The molecule has 0 radical (unpaired) electrons. The Morgan fingerprint density at radius 2 is 2.05 bits per heavy atom. The number of nitrogens with one attached hydrogen (secondary N) is 1. The van der Waals surface area contributed by atoms with Crippen LogP contribution in [-0.2, 0) is 0 Å². The van der Waals surface area contributed by atoms with Crippen molar-refractivity contribution in [2.75, 3.05) is 11.1 Å². The molecule has 0 saturated carbocycles. The van der Waals surface area contributed by atoms with Gasteiger partial charge in [-0.15, -0.1) is 11.8 Å². The lowest BCUT2D eigenvalue weighted by Gasteiger charge is -2.27. The molecular weight excluding hydrogens is 342 g/mol. The fourth-order valence-electron chi connectivity index (χ4n) is 2.29. The largest absolute Gasteiger partial charge is 0.377 e. The molecule has 1 unspecified atom stereocenters. The van der Waals surface area contributed by atoms with E-state index in [0.29, 0.717) is 6.04 Å². The first-order valence-electron chi connectivity index (χ1n) is 6.17. The number of thioether (sulfide) groups is 1. The van der Waals surface area contributed by atoms with Gasteiger partial charge in [-0.3, -0.25) is 0 Å². The lowest BCUT2D eigenvalue weighted by molar-refractivity contribution is 0.728. The third kappa shape index (κ3) is 2.93. The molecule has 0 aromatic heterocycles. The zero-order valence-corrected chi connectivity index (χ0v) is 13.4. The number of rotatable bonds is 2. The lowest BCUT2D eigenvalue weighted by Crippen LogP contribution is -2.16. The highest BCUT2D eigenvalue weighted by Gasteiger charge is 2.20. The maximum atomic E-state index is 6.25. The Morgan fingerprint density at radius 1 is 1.21 bits per heavy atom. The molecule has 2 aromatic rings. The van der Waals surface area contributed by atoms with Gasteiger partial charge in [-0.2, -0.15) is 0 Å². The van der Waals surface area contributed by atoms with Gasteiger partial charge in [0.25, 0.3) is 0 Å². The fourth-order valence-corrected chi connectivity index (χ4v) is 3.95. The first kappa shape index (κ1) is 13.3.